The minimum atomic E-state index is -0.420. The van der Waals surface area contributed by atoms with E-state index in [1.165, 1.54) is 0 Å². The number of carbonyl (C=O) groups is 2. The normalized spacial score (nSPS) is 30.6. The lowest BCUT2D eigenvalue weighted by atomic mass is 9.79. The van der Waals surface area contributed by atoms with Gasteiger partial charge in [0.15, 0.2) is 0 Å². The summed E-state index contributed by atoms with van der Waals surface area (Å²) in [6, 6.07) is 10.1. The first-order valence-corrected chi connectivity index (χ1v) is 11.0. The molecule has 3 N–H and O–H groups in total. The number of nitrogens with one attached hydrogen (secondary N) is 3. The van der Waals surface area contributed by atoms with E-state index < -0.39 is 11.1 Å². The molecule has 30 heavy (non-hydrogen) atoms. The highest BCUT2D eigenvalue weighted by Gasteiger charge is 2.43. The number of amides is 2. The molecule has 3 heterocycles. The standard InChI is InChI=1S/C24H32N4O2/c1-4-5-11-18-25-19-20(28(18)16-17-9-7-6-8-10-17)22(30)27-24(3)14-12-23(2,13-15-24)26-21(19)29/h6-10,12,14,18,25H,4-5,11,13,15-16H2,1-3H3,(H,26,29)(H,27,30). The molecule has 0 fully saturated rings. The third kappa shape index (κ3) is 3.95. The lowest BCUT2D eigenvalue weighted by Crippen LogP contribution is -2.55. The predicted molar refractivity (Wildman–Crippen MR) is 117 cm³/mol. The molecular weight excluding hydrogens is 376 g/mol. The lowest BCUT2D eigenvalue weighted by Gasteiger charge is -2.40. The molecule has 3 unspecified atom stereocenters. The van der Waals surface area contributed by atoms with Gasteiger partial charge in [0.2, 0.25) is 0 Å². The number of unbranched alkanes of at least 4 members (excludes halogenated alkanes) is 1. The van der Waals surface area contributed by atoms with Crippen LogP contribution in [0.4, 0.5) is 0 Å². The number of benzene rings is 1. The summed E-state index contributed by atoms with van der Waals surface area (Å²) < 4.78 is 0. The van der Waals surface area contributed by atoms with Crippen LogP contribution in [0, 0.1) is 0 Å². The molecule has 3 aliphatic heterocycles. The van der Waals surface area contributed by atoms with Gasteiger partial charge in [-0.05, 0) is 45.1 Å². The summed E-state index contributed by atoms with van der Waals surface area (Å²) in [5.74, 6) is -0.407. The first-order chi connectivity index (χ1) is 14.3. The molecular formula is C24H32N4O2. The van der Waals surface area contributed by atoms with Gasteiger partial charge in [0.1, 0.15) is 11.4 Å². The Morgan fingerprint density at radius 3 is 2.23 bits per heavy atom. The van der Waals surface area contributed by atoms with Crippen LogP contribution in [0.25, 0.3) is 0 Å². The molecule has 0 saturated heterocycles. The second-order valence-corrected chi connectivity index (χ2v) is 9.22. The van der Waals surface area contributed by atoms with Crippen LogP contribution in [-0.4, -0.2) is 34.0 Å². The Balaban J connectivity index is 1.74. The highest BCUT2D eigenvalue weighted by Crippen LogP contribution is 2.33. The summed E-state index contributed by atoms with van der Waals surface area (Å²) in [7, 11) is 0. The molecule has 0 spiro atoms. The van der Waals surface area contributed by atoms with E-state index in [1.54, 1.807) is 0 Å². The zero-order chi connectivity index (χ0) is 21.4. The van der Waals surface area contributed by atoms with Crippen LogP contribution in [0.3, 0.4) is 0 Å². The zero-order valence-electron chi connectivity index (χ0n) is 18.1. The van der Waals surface area contributed by atoms with Crippen molar-refractivity contribution in [3.05, 3.63) is 59.4 Å². The van der Waals surface area contributed by atoms with Gasteiger partial charge in [0.25, 0.3) is 11.8 Å². The van der Waals surface area contributed by atoms with Crippen molar-refractivity contribution in [1.82, 2.24) is 20.9 Å². The molecule has 1 aliphatic carbocycles. The average molecular weight is 409 g/mol. The summed E-state index contributed by atoms with van der Waals surface area (Å²) in [5.41, 5.74) is 1.11. The Labute approximate surface area is 178 Å². The topological polar surface area (TPSA) is 73.5 Å². The molecule has 6 nitrogen and oxygen atoms in total. The van der Waals surface area contributed by atoms with E-state index >= 15 is 0 Å². The smallest absolute Gasteiger partial charge is 0.270 e. The quantitative estimate of drug-likeness (QED) is 0.655. The second-order valence-electron chi connectivity index (χ2n) is 9.22. The van der Waals surface area contributed by atoms with E-state index in [2.05, 4.69) is 39.9 Å². The van der Waals surface area contributed by atoms with Crippen LogP contribution in [0.5, 0.6) is 0 Å². The van der Waals surface area contributed by atoms with Crippen molar-refractivity contribution in [1.29, 1.82) is 0 Å². The van der Waals surface area contributed by atoms with Crippen LogP contribution in [0.15, 0.2) is 53.9 Å². The summed E-state index contributed by atoms with van der Waals surface area (Å²) in [5, 5.41) is 9.77. The molecule has 0 radical (unpaired) electrons. The van der Waals surface area contributed by atoms with Crippen molar-refractivity contribution in [2.75, 3.05) is 0 Å². The Kier molecular flexibility index (Phi) is 5.35. The van der Waals surface area contributed by atoms with Crippen molar-refractivity contribution in [3.8, 4) is 0 Å². The molecule has 160 valence electrons. The maximum absolute atomic E-state index is 13.5. The summed E-state index contributed by atoms with van der Waals surface area (Å²) in [6.45, 7) is 6.81. The predicted octanol–water partition coefficient (Wildman–Crippen LogP) is 2.93. The van der Waals surface area contributed by atoms with E-state index in [4.69, 9.17) is 0 Å². The van der Waals surface area contributed by atoms with Gasteiger partial charge in [-0.2, -0.15) is 0 Å². The minimum absolute atomic E-state index is 0.0846. The largest absolute Gasteiger partial charge is 0.359 e. The van der Waals surface area contributed by atoms with Gasteiger partial charge in [-0.3, -0.25) is 9.59 Å². The molecule has 2 bridgehead atoms. The molecule has 1 aromatic rings. The van der Waals surface area contributed by atoms with Gasteiger partial charge in [0.05, 0.1) is 17.2 Å². The molecule has 6 heteroatoms. The molecule has 1 aromatic carbocycles. The minimum Gasteiger partial charge on any atom is -0.359 e. The van der Waals surface area contributed by atoms with Crippen molar-refractivity contribution in [2.45, 2.75) is 76.7 Å². The van der Waals surface area contributed by atoms with Crippen LogP contribution >= 0.6 is 0 Å². The molecule has 0 aromatic heterocycles. The number of nitrogens with zero attached hydrogens (tertiary/aromatic N) is 1. The van der Waals surface area contributed by atoms with Crippen LogP contribution in [0.2, 0.25) is 0 Å². The number of rotatable bonds is 5. The van der Waals surface area contributed by atoms with E-state index in [-0.39, 0.29) is 18.0 Å². The van der Waals surface area contributed by atoms with Gasteiger partial charge in [-0.15, -0.1) is 0 Å². The van der Waals surface area contributed by atoms with Gasteiger partial charge in [-0.1, -0.05) is 55.8 Å². The maximum atomic E-state index is 13.5. The highest BCUT2D eigenvalue weighted by atomic mass is 16.2. The van der Waals surface area contributed by atoms with Gasteiger partial charge in [-0.25, -0.2) is 0 Å². The van der Waals surface area contributed by atoms with Gasteiger partial charge < -0.3 is 20.9 Å². The van der Waals surface area contributed by atoms with E-state index in [1.807, 2.05) is 44.2 Å². The summed E-state index contributed by atoms with van der Waals surface area (Å²) in [4.78, 5) is 28.8. The second kappa shape index (κ2) is 7.82. The van der Waals surface area contributed by atoms with Crippen molar-refractivity contribution >= 4 is 11.8 Å². The number of carbonyl (C=O) groups excluding carboxylic acids is 2. The Hall–Kier alpha value is -2.76. The average Bonchev–Trinajstić information content (AvgIpc) is 3.08. The third-order valence-electron chi connectivity index (χ3n) is 6.46. The number of fused-ring (bicyclic) bond motifs is 3. The Bertz CT molecular complexity index is 894. The Morgan fingerprint density at radius 2 is 1.63 bits per heavy atom. The first-order valence-electron chi connectivity index (χ1n) is 11.0. The SMILES string of the molecule is CCCCC1NC2=C(C(=O)NC3(C)C=CC(C)(CC3)NC2=O)N1Cc1ccccc1. The van der Waals surface area contributed by atoms with Crippen molar-refractivity contribution in [3.63, 3.8) is 0 Å². The van der Waals surface area contributed by atoms with E-state index in [9.17, 15) is 9.59 Å². The van der Waals surface area contributed by atoms with Crippen molar-refractivity contribution in [2.24, 2.45) is 0 Å². The highest BCUT2D eigenvalue weighted by molar-refractivity contribution is 6.05. The Morgan fingerprint density at radius 1 is 1.00 bits per heavy atom. The molecule has 5 rings (SSSR count). The molecule has 2 amide bonds. The summed E-state index contributed by atoms with van der Waals surface area (Å²) >= 11 is 0. The summed E-state index contributed by atoms with van der Waals surface area (Å²) in [6.07, 6.45) is 8.46. The zero-order valence-corrected chi connectivity index (χ0v) is 18.1. The molecule has 4 aliphatic rings. The third-order valence-corrected chi connectivity index (χ3v) is 6.46. The van der Waals surface area contributed by atoms with E-state index in [0.29, 0.717) is 17.9 Å². The van der Waals surface area contributed by atoms with Gasteiger partial charge in [0, 0.05) is 6.54 Å². The fourth-order valence-corrected chi connectivity index (χ4v) is 4.53. The lowest BCUT2D eigenvalue weighted by molar-refractivity contribution is -0.123. The fourth-order valence-electron chi connectivity index (χ4n) is 4.53. The van der Waals surface area contributed by atoms with Crippen LogP contribution in [0.1, 0.15) is 58.4 Å². The number of hydrogen-bond acceptors (Lipinski definition) is 4. The van der Waals surface area contributed by atoms with Crippen LogP contribution in [-0.2, 0) is 16.1 Å². The maximum Gasteiger partial charge on any atom is 0.270 e. The van der Waals surface area contributed by atoms with E-state index in [0.717, 1.165) is 37.7 Å². The first kappa shape index (κ1) is 20.5. The van der Waals surface area contributed by atoms with Gasteiger partial charge >= 0.3 is 0 Å². The fraction of sp³-hybridized carbons (Fsp3) is 0.500. The van der Waals surface area contributed by atoms with Crippen LogP contribution < -0.4 is 16.0 Å². The monoisotopic (exact) mass is 408 g/mol. The molecule has 3 atom stereocenters. The number of hydrogen-bond donors (Lipinski definition) is 3. The van der Waals surface area contributed by atoms with Crippen molar-refractivity contribution < 1.29 is 9.59 Å². The molecule has 0 saturated carbocycles.